The number of benzene rings is 2. The number of H-pyrrole nitrogens is 1. The Bertz CT molecular complexity index is 1120. The number of hydrogen-bond acceptors (Lipinski definition) is 5. The molecule has 0 spiro atoms. The molecule has 1 aliphatic heterocycles. The number of nitrogens with one attached hydrogen (secondary N) is 2. The number of anilines is 1. The first kappa shape index (κ1) is 21.2. The highest BCUT2D eigenvalue weighted by Crippen LogP contribution is 2.35. The van der Waals surface area contributed by atoms with Gasteiger partial charge in [-0.15, -0.1) is 0 Å². The number of aromatic nitrogens is 2. The molecule has 7 heteroatoms. The minimum atomic E-state index is -0.337. The van der Waals surface area contributed by atoms with E-state index in [0.29, 0.717) is 23.1 Å². The minimum Gasteiger partial charge on any atom is -0.489 e. The normalized spacial score (nSPS) is 15.3. The van der Waals surface area contributed by atoms with Crippen molar-refractivity contribution in [2.24, 2.45) is 0 Å². The van der Waals surface area contributed by atoms with Crippen LogP contribution < -0.4 is 15.6 Å². The summed E-state index contributed by atoms with van der Waals surface area (Å²) in [4.78, 5) is 32.4. The maximum Gasteiger partial charge on any atom is 0.257 e. The third kappa shape index (κ3) is 4.99. The number of fused-ring (bicyclic) bond motifs is 1. The number of carbonyl (C=O) groups excluding carboxylic acids is 1. The number of aromatic amines is 1. The molecule has 1 atom stereocenters. The molecule has 31 heavy (non-hydrogen) atoms. The molecule has 0 saturated heterocycles. The first-order valence-corrected chi connectivity index (χ1v) is 11.4. The van der Waals surface area contributed by atoms with Crippen LogP contribution in [0.5, 0.6) is 5.75 Å². The van der Waals surface area contributed by atoms with E-state index in [2.05, 4.69) is 41.3 Å². The molecule has 0 radical (unpaired) electrons. The van der Waals surface area contributed by atoms with Crippen LogP contribution in [0, 0.1) is 6.92 Å². The lowest BCUT2D eigenvalue weighted by atomic mass is 9.87. The van der Waals surface area contributed by atoms with Gasteiger partial charge in [-0.3, -0.25) is 9.59 Å². The van der Waals surface area contributed by atoms with Gasteiger partial charge in [-0.1, -0.05) is 60.6 Å². The quantitative estimate of drug-likeness (QED) is 0.417. The number of amides is 1. The van der Waals surface area contributed by atoms with Gasteiger partial charge in [0.1, 0.15) is 18.2 Å². The van der Waals surface area contributed by atoms with Gasteiger partial charge in [0.15, 0.2) is 5.16 Å². The number of carbonyl (C=O) groups is 1. The van der Waals surface area contributed by atoms with E-state index in [9.17, 15) is 9.59 Å². The molecule has 2 N–H and O–H groups in total. The molecule has 0 saturated carbocycles. The lowest BCUT2D eigenvalue weighted by Gasteiger charge is -2.24. The zero-order valence-corrected chi connectivity index (χ0v) is 18.4. The molecule has 0 aliphatic carbocycles. The Morgan fingerprint density at radius 1 is 1.10 bits per heavy atom. The van der Waals surface area contributed by atoms with Crippen molar-refractivity contribution in [2.45, 2.75) is 44.4 Å². The van der Waals surface area contributed by atoms with Crippen molar-refractivity contribution < 1.29 is 9.53 Å². The van der Waals surface area contributed by atoms with E-state index in [1.54, 1.807) is 0 Å². The molecule has 6 nitrogen and oxygen atoms in total. The summed E-state index contributed by atoms with van der Waals surface area (Å²) >= 11 is 1.48. The van der Waals surface area contributed by atoms with E-state index in [1.807, 2.05) is 36.4 Å². The first-order chi connectivity index (χ1) is 15.0. The van der Waals surface area contributed by atoms with Gasteiger partial charge in [-0.25, -0.2) is 4.98 Å². The summed E-state index contributed by atoms with van der Waals surface area (Å²) in [7, 11) is 0. The molecule has 2 heterocycles. The molecule has 1 unspecified atom stereocenters. The minimum absolute atomic E-state index is 0.137. The highest BCUT2D eigenvalue weighted by molar-refractivity contribution is 7.99. The maximum atomic E-state index is 12.8. The van der Waals surface area contributed by atoms with Crippen LogP contribution in [0.1, 0.15) is 47.9 Å². The third-order valence-electron chi connectivity index (χ3n) is 5.18. The maximum absolute atomic E-state index is 12.8. The molecular weight excluding hydrogens is 410 g/mol. The lowest BCUT2D eigenvalue weighted by molar-refractivity contribution is -0.116. The van der Waals surface area contributed by atoms with Gasteiger partial charge in [0.2, 0.25) is 5.91 Å². The zero-order chi connectivity index (χ0) is 21.8. The molecular formula is C24H25N3O3S. The summed E-state index contributed by atoms with van der Waals surface area (Å²) in [6, 6.07) is 15.8. The van der Waals surface area contributed by atoms with Crippen LogP contribution in [0.4, 0.5) is 5.82 Å². The van der Waals surface area contributed by atoms with E-state index in [1.165, 1.54) is 17.3 Å². The summed E-state index contributed by atoms with van der Waals surface area (Å²) in [5.41, 5.74) is 3.51. The molecule has 0 fully saturated rings. The van der Waals surface area contributed by atoms with Gasteiger partial charge in [0.25, 0.3) is 5.56 Å². The SMILES string of the molecule is CCCSc1nc2c(c(=O)[nH]1)C(c1ccc(OCc3ccc(C)cc3)cc1)CC(=O)N2. The second-order valence-electron chi connectivity index (χ2n) is 7.63. The number of nitrogens with zero attached hydrogens (tertiary/aromatic N) is 1. The van der Waals surface area contributed by atoms with Crippen molar-refractivity contribution in [1.82, 2.24) is 9.97 Å². The second kappa shape index (κ2) is 9.39. The van der Waals surface area contributed by atoms with Crippen molar-refractivity contribution in [3.05, 3.63) is 81.1 Å². The molecule has 0 bridgehead atoms. The Morgan fingerprint density at radius 2 is 1.84 bits per heavy atom. The number of aryl methyl sites for hydroxylation is 1. The van der Waals surface area contributed by atoms with Gasteiger partial charge in [0, 0.05) is 18.1 Å². The monoisotopic (exact) mass is 435 g/mol. The zero-order valence-electron chi connectivity index (χ0n) is 17.6. The number of ether oxygens (including phenoxy) is 1. The predicted octanol–water partition coefficient (Wildman–Crippen LogP) is 4.63. The smallest absolute Gasteiger partial charge is 0.257 e. The van der Waals surface area contributed by atoms with Crippen LogP contribution in [-0.4, -0.2) is 21.6 Å². The summed E-state index contributed by atoms with van der Waals surface area (Å²) < 4.78 is 5.88. The van der Waals surface area contributed by atoms with Crippen molar-refractivity contribution in [2.75, 3.05) is 11.1 Å². The Kier molecular flexibility index (Phi) is 6.42. The Labute approximate surface area is 185 Å². The van der Waals surface area contributed by atoms with Gasteiger partial charge in [-0.2, -0.15) is 0 Å². The van der Waals surface area contributed by atoms with Gasteiger partial charge < -0.3 is 15.0 Å². The van der Waals surface area contributed by atoms with E-state index in [0.717, 1.165) is 29.1 Å². The molecule has 2 aromatic carbocycles. The largest absolute Gasteiger partial charge is 0.489 e. The van der Waals surface area contributed by atoms with Crippen LogP contribution in [0.3, 0.4) is 0 Å². The van der Waals surface area contributed by atoms with Crippen LogP contribution in [0.25, 0.3) is 0 Å². The number of thioether (sulfide) groups is 1. The van der Waals surface area contributed by atoms with E-state index in [-0.39, 0.29) is 23.8 Å². The average molecular weight is 436 g/mol. The van der Waals surface area contributed by atoms with E-state index >= 15 is 0 Å². The second-order valence-corrected chi connectivity index (χ2v) is 8.71. The van der Waals surface area contributed by atoms with Crippen LogP contribution >= 0.6 is 11.8 Å². The Balaban J connectivity index is 1.53. The van der Waals surface area contributed by atoms with Crippen molar-refractivity contribution >= 4 is 23.5 Å². The molecule has 160 valence electrons. The summed E-state index contributed by atoms with van der Waals surface area (Å²) in [5, 5.41) is 3.30. The number of hydrogen-bond donors (Lipinski definition) is 2. The van der Waals surface area contributed by atoms with E-state index in [4.69, 9.17) is 4.74 Å². The lowest BCUT2D eigenvalue weighted by Crippen LogP contribution is -2.31. The molecule has 4 rings (SSSR count). The average Bonchev–Trinajstić information content (AvgIpc) is 2.77. The molecule has 1 amide bonds. The fourth-order valence-electron chi connectivity index (χ4n) is 3.55. The van der Waals surface area contributed by atoms with Gasteiger partial charge in [-0.05, 0) is 36.6 Å². The Morgan fingerprint density at radius 3 is 2.55 bits per heavy atom. The fourth-order valence-corrected chi connectivity index (χ4v) is 4.27. The molecule has 1 aromatic heterocycles. The van der Waals surface area contributed by atoms with Crippen LogP contribution in [0.2, 0.25) is 0 Å². The van der Waals surface area contributed by atoms with Crippen molar-refractivity contribution in [3.63, 3.8) is 0 Å². The topological polar surface area (TPSA) is 84.1 Å². The standard InChI is InChI=1S/C24H25N3O3S/c1-3-12-31-24-26-22-21(23(29)27-24)19(13-20(28)25-22)17-8-10-18(11-9-17)30-14-16-6-4-15(2)5-7-16/h4-11,19H,3,12-14H2,1-2H3,(H2,25,26,27,28,29). The first-order valence-electron chi connectivity index (χ1n) is 10.4. The molecule has 1 aliphatic rings. The summed E-state index contributed by atoms with van der Waals surface area (Å²) in [5.74, 6) is 1.48. The fraction of sp³-hybridized carbons (Fsp3) is 0.292. The van der Waals surface area contributed by atoms with Crippen LogP contribution in [0.15, 0.2) is 58.5 Å². The predicted molar refractivity (Wildman–Crippen MR) is 123 cm³/mol. The van der Waals surface area contributed by atoms with Crippen molar-refractivity contribution in [3.8, 4) is 5.75 Å². The summed E-state index contributed by atoms with van der Waals surface area (Å²) in [6.45, 7) is 4.60. The van der Waals surface area contributed by atoms with E-state index < -0.39 is 0 Å². The van der Waals surface area contributed by atoms with Crippen LogP contribution in [-0.2, 0) is 11.4 Å². The van der Waals surface area contributed by atoms with Gasteiger partial charge >= 0.3 is 0 Å². The number of rotatable bonds is 7. The van der Waals surface area contributed by atoms with Gasteiger partial charge in [0.05, 0.1) is 5.56 Å². The summed E-state index contributed by atoms with van der Waals surface area (Å²) in [6.07, 6.45) is 1.18. The highest BCUT2D eigenvalue weighted by atomic mass is 32.2. The van der Waals surface area contributed by atoms with Crippen molar-refractivity contribution in [1.29, 1.82) is 0 Å². The highest BCUT2D eigenvalue weighted by Gasteiger charge is 2.30. The third-order valence-corrected chi connectivity index (χ3v) is 6.26. The Hall–Kier alpha value is -3.06. The molecule has 3 aromatic rings.